The molecule has 0 saturated carbocycles. The molecule has 0 aromatic carbocycles. The van der Waals surface area contributed by atoms with Gasteiger partial charge in [0.2, 0.25) is 0 Å². The average Bonchev–Trinajstić information content (AvgIpc) is 2.34. The van der Waals surface area contributed by atoms with Crippen molar-refractivity contribution < 1.29 is 31.0 Å². The van der Waals surface area contributed by atoms with Crippen molar-refractivity contribution in [3.8, 4) is 0 Å². The number of hydrogen-bond acceptors (Lipinski definition) is 3. The maximum Gasteiger partial charge on any atom is 1.00 e. The van der Waals surface area contributed by atoms with E-state index in [4.69, 9.17) is 0 Å². The van der Waals surface area contributed by atoms with E-state index < -0.39 is 11.2 Å². The third-order valence-electron chi connectivity index (χ3n) is 1.33. The van der Waals surface area contributed by atoms with Gasteiger partial charge in [-0.05, 0) is 0 Å². The molecule has 12 heavy (non-hydrogen) atoms. The number of aromatic amines is 3. The van der Waals surface area contributed by atoms with Gasteiger partial charge in [-0.25, -0.2) is 9.78 Å². The Labute approximate surface area is 89.2 Å². The summed E-state index contributed by atoms with van der Waals surface area (Å²) in [5, 5.41) is 0. The summed E-state index contributed by atoms with van der Waals surface area (Å²) in [7, 11) is 0. The van der Waals surface area contributed by atoms with E-state index in [-0.39, 0.29) is 42.1 Å². The number of nitrogens with zero attached hydrogens (tertiary/aromatic N) is 1. The molecular formula is C5H5N4NaO2. The molecule has 0 fully saturated rings. The summed E-state index contributed by atoms with van der Waals surface area (Å²) in [6, 6.07) is 0. The predicted molar refractivity (Wildman–Crippen MR) is 38.4 cm³/mol. The Balaban J connectivity index is 0.000000720. The van der Waals surface area contributed by atoms with E-state index >= 15 is 0 Å². The molecule has 0 unspecified atom stereocenters. The number of aromatic nitrogens is 4. The molecule has 0 saturated heterocycles. The van der Waals surface area contributed by atoms with Crippen LogP contribution in [0, 0.1) is 0 Å². The first-order valence-electron chi connectivity index (χ1n) is 2.93. The fraction of sp³-hybridized carbons (Fsp3) is 0. The predicted octanol–water partition coefficient (Wildman–Crippen LogP) is -3.94. The molecule has 0 radical (unpaired) electrons. The monoisotopic (exact) mass is 176 g/mol. The number of H-pyrrole nitrogens is 3. The van der Waals surface area contributed by atoms with Gasteiger partial charge in [-0.15, -0.1) is 0 Å². The van der Waals surface area contributed by atoms with E-state index in [9.17, 15) is 9.59 Å². The van der Waals surface area contributed by atoms with E-state index in [1.54, 1.807) is 0 Å². The first-order valence-corrected chi connectivity index (χ1v) is 2.93. The molecule has 0 amide bonds. The first-order chi connectivity index (χ1) is 5.27. The van der Waals surface area contributed by atoms with Gasteiger partial charge in [0.1, 0.15) is 5.52 Å². The van der Waals surface area contributed by atoms with Gasteiger partial charge in [-0.3, -0.25) is 14.8 Å². The Bertz CT molecular complexity index is 501. The molecule has 0 spiro atoms. The van der Waals surface area contributed by atoms with Crippen molar-refractivity contribution in [3.05, 3.63) is 27.2 Å². The van der Waals surface area contributed by atoms with Crippen LogP contribution in [-0.4, -0.2) is 19.9 Å². The van der Waals surface area contributed by atoms with Crippen LogP contribution in [0.1, 0.15) is 1.43 Å². The van der Waals surface area contributed by atoms with Crippen LogP contribution in [0.3, 0.4) is 0 Å². The second-order valence-corrected chi connectivity index (χ2v) is 2.03. The summed E-state index contributed by atoms with van der Waals surface area (Å²) in [6.07, 6.45) is 1.34. The SMILES string of the molecule is O=c1[nH]c(=O)c2[nH]cnc2[nH]1.[H-].[Na+]. The number of nitrogens with one attached hydrogen (secondary N) is 3. The van der Waals surface area contributed by atoms with E-state index in [0.717, 1.165) is 0 Å². The zero-order valence-electron chi connectivity index (χ0n) is 7.34. The second-order valence-electron chi connectivity index (χ2n) is 2.03. The molecule has 0 aliphatic carbocycles. The van der Waals surface area contributed by atoms with Crippen LogP contribution < -0.4 is 40.8 Å². The molecule has 0 aliphatic rings. The summed E-state index contributed by atoms with van der Waals surface area (Å²) < 4.78 is 0. The van der Waals surface area contributed by atoms with Gasteiger partial charge < -0.3 is 6.41 Å². The molecular weight excluding hydrogens is 171 g/mol. The van der Waals surface area contributed by atoms with Gasteiger partial charge in [0, 0.05) is 0 Å². The van der Waals surface area contributed by atoms with Gasteiger partial charge in [0.15, 0.2) is 5.65 Å². The minimum atomic E-state index is -0.547. The maximum absolute atomic E-state index is 10.9. The fourth-order valence-corrected chi connectivity index (χ4v) is 0.867. The molecule has 2 aromatic rings. The first kappa shape index (κ1) is 9.24. The molecule has 2 rings (SSSR count). The Morgan fingerprint density at radius 2 is 2.08 bits per heavy atom. The molecule has 0 atom stereocenters. The third-order valence-corrected chi connectivity index (χ3v) is 1.33. The van der Waals surface area contributed by atoms with E-state index in [2.05, 4.69) is 19.9 Å². The molecule has 58 valence electrons. The van der Waals surface area contributed by atoms with Crippen molar-refractivity contribution in [3.63, 3.8) is 0 Å². The third kappa shape index (κ3) is 1.36. The Kier molecular flexibility index (Phi) is 2.51. The normalized spacial score (nSPS) is 9.67. The number of rotatable bonds is 0. The van der Waals surface area contributed by atoms with E-state index in [1.807, 2.05) is 0 Å². The molecule has 0 aliphatic heterocycles. The second kappa shape index (κ2) is 3.26. The average molecular weight is 176 g/mol. The summed E-state index contributed by atoms with van der Waals surface area (Å²) in [4.78, 5) is 32.3. The Hall–Kier alpha value is -0.850. The van der Waals surface area contributed by atoms with Gasteiger partial charge >= 0.3 is 35.2 Å². The molecule has 0 bridgehead atoms. The van der Waals surface area contributed by atoms with E-state index in [0.29, 0.717) is 0 Å². The molecule has 2 aromatic heterocycles. The minimum absolute atomic E-state index is 0. The number of hydrogen-bond donors (Lipinski definition) is 3. The van der Waals surface area contributed by atoms with Crippen molar-refractivity contribution in [2.24, 2.45) is 0 Å². The van der Waals surface area contributed by atoms with Crippen LogP contribution in [0.15, 0.2) is 15.9 Å². The Morgan fingerprint density at radius 1 is 1.33 bits per heavy atom. The standard InChI is InChI=1S/C5H4N4O2.Na.H/c10-4-2-3(7-1-6-2)8-5(11)9-4;;/h1H,(H3,6,7,8,9,10,11);;/q;+1;-1. The smallest absolute Gasteiger partial charge is 1.00 e. The molecule has 6 nitrogen and oxygen atoms in total. The fourth-order valence-electron chi connectivity index (χ4n) is 0.867. The van der Waals surface area contributed by atoms with Crippen molar-refractivity contribution in [1.82, 2.24) is 19.9 Å². The van der Waals surface area contributed by atoms with Crippen molar-refractivity contribution in [1.29, 1.82) is 0 Å². The Morgan fingerprint density at radius 3 is 2.83 bits per heavy atom. The van der Waals surface area contributed by atoms with Crippen LogP contribution in [0.2, 0.25) is 0 Å². The van der Waals surface area contributed by atoms with Crippen molar-refractivity contribution in [2.45, 2.75) is 0 Å². The molecule has 2 heterocycles. The van der Waals surface area contributed by atoms with Crippen LogP contribution in [0.5, 0.6) is 0 Å². The van der Waals surface area contributed by atoms with Crippen molar-refractivity contribution >= 4 is 11.2 Å². The van der Waals surface area contributed by atoms with Gasteiger partial charge in [0.25, 0.3) is 5.56 Å². The van der Waals surface area contributed by atoms with E-state index in [1.165, 1.54) is 6.33 Å². The van der Waals surface area contributed by atoms with Crippen LogP contribution in [-0.2, 0) is 0 Å². The molecule has 7 heteroatoms. The quantitative estimate of drug-likeness (QED) is 0.357. The topological polar surface area (TPSA) is 94.4 Å². The summed E-state index contributed by atoms with van der Waals surface area (Å²) >= 11 is 0. The minimum Gasteiger partial charge on any atom is -1.00 e. The van der Waals surface area contributed by atoms with Gasteiger partial charge in [-0.2, -0.15) is 0 Å². The zero-order chi connectivity index (χ0) is 7.84. The van der Waals surface area contributed by atoms with Gasteiger partial charge in [-0.1, -0.05) is 0 Å². The van der Waals surface area contributed by atoms with Crippen LogP contribution >= 0.6 is 0 Å². The summed E-state index contributed by atoms with van der Waals surface area (Å²) in [5.41, 5.74) is -0.445. The zero-order valence-corrected chi connectivity index (χ0v) is 8.34. The van der Waals surface area contributed by atoms with Crippen LogP contribution in [0.4, 0.5) is 0 Å². The molecule has 3 N–H and O–H groups in total. The number of imidazole rings is 1. The van der Waals surface area contributed by atoms with Crippen molar-refractivity contribution in [2.75, 3.05) is 0 Å². The summed E-state index contributed by atoms with van der Waals surface area (Å²) in [5.74, 6) is 0. The summed E-state index contributed by atoms with van der Waals surface area (Å²) in [6.45, 7) is 0. The largest absolute Gasteiger partial charge is 1.00 e. The maximum atomic E-state index is 10.9. The van der Waals surface area contributed by atoms with Crippen LogP contribution in [0.25, 0.3) is 11.2 Å². The number of fused-ring (bicyclic) bond motifs is 1. The van der Waals surface area contributed by atoms with Gasteiger partial charge in [0.05, 0.1) is 6.33 Å².